The van der Waals surface area contributed by atoms with Crippen molar-refractivity contribution >= 4 is 0 Å². The van der Waals surface area contributed by atoms with Crippen molar-refractivity contribution < 1.29 is 4.39 Å². The van der Waals surface area contributed by atoms with Crippen LogP contribution in [-0.2, 0) is 6.67 Å². The monoisotopic (exact) mass is 207 g/mol. The highest BCUT2D eigenvalue weighted by molar-refractivity contribution is 5.25. The number of likely N-dealkylation sites (tertiary alicyclic amines) is 1. The van der Waals surface area contributed by atoms with Crippen molar-refractivity contribution in [2.24, 2.45) is 0 Å². The van der Waals surface area contributed by atoms with Crippen LogP contribution in [0.4, 0.5) is 4.39 Å². The first kappa shape index (κ1) is 10.6. The summed E-state index contributed by atoms with van der Waals surface area (Å²) < 4.78 is 12.3. The number of nitrogens with zero attached hydrogens (tertiary/aromatic N) is 1. The van der Waals surface area contributed by atoms with Gasteiger partial charge < -0.3 is 4.90 Å². The largest absolute Gasteiger partial charge is 0.306 e. The number of hydrogen-bond acceptors (Lipinski definition) is 1. The molecular weight excluding hydrogens is 189 g/mol. The summed E-state index contributed by atoms with van der Waals surface area (Å²) in [6, 6.07) is 8.00. The molecule has 1 heterocycles. The summed E-state index contributed by atoms with van der Waals surface area (Å²) in [7, 11) is 2.17. The van der Waals surface area contributed by atoms with Crippen molar-refractivity contribution in [3.63, 3.8) is 0 Å². The fourth-order valence-electron chi connectivity index (χ4n) is 2.22. The summed E-state index contributed by atoms with van der Waals surface area (Å²) >= 11 is 0. The molecule has 0 unspecified atom stereocenters. The second-order valence-electron chi connectivity index (χ2n) is 4.45. The van der Waals surface area contributed by atoms with Crippen LogP contribution < -0.4 is 0 Å². The molecule has 2 rings (SSSR count). The van der Waals surface area contributed by atoms with Gasteiger partial charge in [0.15, 0.2) is 0 Å². The van der Waals surface area contributed by atoms with E-state index in [0.717, 1.165) is 5.56 Å². The minimum absolute atomic E-state index is 0.353. The van der Waals surface area contributed by atoms with Crippen LogP contribution in [-0.4, -0.2) is 25.0 Å². The molecule has 1 aliphatic rings. The Labute approximate surface area is 90.9 Å². The number of hydrogen-bond donors (Lipinski definition) is 0. The molecule has 2 heteroatoms. The third-order valence-electron chi connectivity index (χ3n) is 3.32. The van der Waals surface area contributed by atoms with Gasteiger partial charge in [-0.05, 0) is 50.0 Å². The highest BCUT2D eigenvalue weighted by Gasteiger charge is 2.17. The maximum atomic E-state index is 12.3. The van der Waals surface area contributed by atoms with Gasteiger partial charge in [0.2, 0.25) is 0 Å². The lowest BCUT2D eigenvalue weighted by molar-refractivity contribution is 0.255. The van der Waals surface area contributed by atoms with Crippen LogP contribution in [0.25, 0.3) is 0 Å². The fraction of sp³-hybridized carbons (Fsp3) is 0.538. The van der Waals surface area contributed by atoms with Crippen LogP contribution in [0.15, 0.2) is 24.3 Å². The zero-order valence-corrected chi connectivity index (χ0v) is 9.25. The summed E-state index contributed by atoms with van der Waals surface area (Å²) in [6.45, 7) is 2.00. The van der Waals surface area contributed by atoms with Crippen LogP contribution in [0.5, 0.6) is 0 Å². The van der Waals surface area contributed by atoms with Gasteiger partial charge in [-0.3, -0.25) is 0 Å². The molecule has 15 heavy (non-hydrogen) atoms. The topological polar surface area (TPSA) is 3.24 Å². The second-order valence-corrected chi connectivity index (χ2v) is 4.45. The predicted octanol–water partition coefficient (Wildman–Crippen LogP) is 2.97. The van der Waals surface area contributed by atoms with E-state index in [1.54, 1.807) is 0 Å². The minimum Gasteiger partial charge on any atom is -0.306 e. The van der Waals surface area contributed by atoms with Crippen molar-refractivity contribution in [3.8, 4) is 0 Å². The molecule has 0 saturated carbocycles. The third-order valence-corrected chi connectivity index (χ3v) is 3.32. The van der Waals surface area contributed by atoms with Gasteiger partial charge in [0.1, 0.15) is 6.67 Å². The summed E-state index contributed by atoms with van der Waals surface area (Å²) in [5.74, 6) is 0.676. The number of benzene rings is 1. The number of alkyl halides is 1. The van der Waals surface area contributed by atoms with E-state index in [4.69, 9.17) is 0 Å². The molecule has 82 valence electrons. The Morgan fingerprint density at radius 1 is 1.20 bits per heavy atom. The average molecular weight is 207 g/mol. The van der Waals surface area contributed by atoms with Crippen molar-refractivity contribution in [1.29, 1.82) is 0 Å². The molecule has 0 atom stereocenters. The molecular formula is C13H18FN. The molecule has 1 aromatic rings. The standard InChI is InChI=1S/C13H18FN/c1-15-8-6-13(7-9-15)12-4-2-11(10-14)3-5-12/h2-5,13H,6-10H2,1H3. The highest BCUT2D eigenvalue weighted by atomic mass is 19.1. The molecule has 1 saturated heterocycles. The Balaban J connectivity index is 2.03. The van der Waals surface area contributed by atoms with Crippen LogP contribution >= 0.6 is 0 Å². The summed E-state index contributed by atoms with van der Waals surface area (Å²) in [5, 5.41) is 0. The van der Waals surface area contributed by atoms with Gasteiger partial charge in [-0.1, -0.05) is 24.3 Å². The van der Waals surface area contributed by atoms with Crippen LogP contribution in [0.3, 0.4) is 0 Å². The summed E-state index contributed by atoms with van der Waals surface area (Å²) in [6.07, 6.45) is 2.46. The Bertz CT molecular complexity index is 299. The maximum absolute atomic E-state index is 12.3. The van der Waals surface area contributed by atoms with E-state index in [0.29, 0.717) is 5.92 Å². The Morgan fingerprint density at radius 3 is 2.33 bits per heavy atom. The molecule has 0 aromatic heterocycles. The van der Waals surface area contributed by atoms with Gasteiger partial charge in [-0.15, -0.1) is 0 Å². The molecule has 1 fully saturated rings. The molecule has 0 aliphatic carbocycles. The number of halogens is 1. The summed E-state index contributed by atoms with van der Waals surface area (Å²) in [4.78, 5) is 2.37. The van der Waals surface area contributed by atoms with Gasteiger partial charge >= 0.3 is 0 Å². The zero-order valence-electron chi connectivity index (χ0n) is 9.25. The normalized spacial score (nSPS) is 19.3. The minimum atomic E-state index is -0.353. The maximum Gasteiger partial charge on any atom is 0.115 e. The third kappa shape index (κ3) is 2.57. The van der Waals surface area contributed by atoms with Crippen molar-refractivity contribution in [2.45, 2.75) is 25.4 Å². The lowest BCUT2D eigenvalue weighted by atomic mass is 9.89. The average Bonchev–Trinajstić information content (AvgIpc) is 2.30. The van der Waals surface area contributed by atoms with Crippen LogP contribution in [0.1, 0.15) is 29.9 Å². The van der Waals surface area contributed by atoms with Crippen LogP contribution in [0.2, 0.25) is 0 Å². The van der Waals surface area contributed by atoms with E-state index in [2.05, 4.69) is 24.1 Å². The van der Waals surface area contributed by atoms with Gasteiger partial charge in [-0.25, -0.2) is 4.39 Å². The van der Waals surface area contributed by atoms with Crippen molar-refractivity contribution in [2.75, 3.05) is 20.1 Å². The van der Waals surface area contributed by atoms with E-state index < -0.39 is 0 Å². The zero-order chi connectivity index (χ0) is 10.7. The highest BCUT2D eigenvalue weighted by Crippen LogP contribution is 2.27. The molecule has 1 aromatic carbocycles. The van der Waals surface area contributed by atoms with Gasteiger partial charge in [0.25, 0.3) is 0 Å². The Hall–Kier alpha value is -0.890. The van der Waals surface area contributed by atoms with Gasteiger partial charge in [0.05, 0.1) is 0 Å². The molecule has 1 nitrogen and oxygen atoms in total. The first-order valence-electron chi connectivity index (χ1n) is 5.63. The number of piperidine rings is 1. The SMILES string of the molecule is CN1CCC(c2ccc(CF)cc2)CC1. The molecule has 0 radical (unpaired) electrons. The van der Waals surface area contributed by atoms with Gasteiger partial charge in [0, 0.05) is 0 Å². The molecule has 0 bridgehead atoms. The van der Waals surface area contributed by atoms with Crippen molar-refractivity contribution in [1.82, 2.24) is 4.90 Å². The first-order valence-corrected chi connectivity index (χ1v) is 5.63. The lowest BCUT2D eigenvalue weighted by Crippen LogP contribution is -2.29. The van der Waals surface area contributed by atoms with E-state index in [1.807, 2.05) is 12.1 Å². The second kappa shape index (κ2) is 4.75. The van der Waals surface area contributed by atoms with Crippen LogP contribution in [0, 0.1) is 0 Å². The Morgan fingerprint density at radius 2 is 1.80 bits per heavy atom. The van der Waals surface area contributed by atoms with E-state index in [9.17, 15) is 4.39 Å². The fourth-order valence-corrected chi connectivity index (χ4v) is 2.22. The lowest BCUT2D eigenvalue weighted by Gasteiger charge is -2.29. The molecule has 0 spiro atoms. The first-order chi connectivity index (χ1) is 7.29. The molecule has 1 aliphatic heterocycles. The predicted molar refractivity (Wildman–Crippen MR) is 60.7 cm³/mol. The molecule has 0 amide bonds. The smallest absolute Gasteiger partial charge is 0.115 e. The summed E-state index contributed by atoms with van der Waals surface area (Å²) in [5.41, 5.74) is 2.16. The van der Waals surface area contributed by atoms with E-state index in [1.165, 1.54) is 31.5 Å². The quantitative estimate of drug-likeness (QED) is 0.720. The molecule has 0 N–H and O–H groups in total. The van der Waals surface area contributed by atoms with Gasteiger partial charge in [-0.2, -0.15) is 0 Å². The van der Waals surface area contributed by atoms with Crippen molar-refractivity contribution in [3.05, 3.63) is 35.4 Å². The Kier molecular flexibility index (Phi) is 3.37. The van der Waals surface area contributed by atoms with E-state index in [-0.39, 0.29) is 6.67 Å². The number of rotatable bonds is 2. The van der Waals surface area contributed by atoms with E-state index >= 15 is 0 Å².